The van der Waals surface area contributed by atoms with Crippen molar-refractivity contribution in [2.45, 2.75) is 12.1 Å². The Bertz CT molecular complexity index is 1460. The number of sulfonamides is 1. The largest absolute Gasteiger partial charge is 0.459 e. The zero-order valence-corrected chi connectivity index (χ0v) is 20.9. The van der Waals surface area contributed by atoms with Crippen LogP contribution in [-0.2, 0) is 10.0 Å². The minimum atomic E-state index is -3.38. The minimum Gasteiger partial charge on any atom is -0.459 e. The molecule has 2 atom stereocenters. The molecule has 2 aromatic carbocycles. The van der Waals surface area contributed by atoms with Gasteiger partial charge in [-0.1, -0.05) is 17.7 Å². The monoisotopic (exact) mass is 524 g/mol. The van der Waals surface area contributed by atoms with Crippen molar-refractivity contribution in [1.29, 1.82) is 0 Å². The Hall–Kier alpha value is -3.40. The molecule has 178 valence electrons. The van der Waals surface area contributed by atoms with Gasteiger partial charge in [0.05, 0.1) is 18.0 Å². The average Bonchev–Trinajstić information content (AvgIpc) is 3.44. The number of rotatable bonds is 6. The number of nitrogens with one attached hydrogen (secondary N) is 2. The van der Waals surface area contributed by atoms with E-state index in [1.165, 1.54) is 0 Å². The number of halogens is 1. The van der Waals surface area contributed by atoms with Gasteiger partial charge in [-0.05, 0) is 85.0 Å². The quantitative estimate of drug-likeness (QED) is 0.320. The lowest BCUT2D eigenvalue weighted by molar-refractivity contribution is 0.439. The second-order valence-corrected chi connectivity index (χ2v) is 10.7. The van der Waals surface area contributed by atoms with Crippen LogP contribution in [0.2, 0.25) is 5.02 Å². The van der Waals surface area contributed by atoms with Gasteiger partial charge < -0.3 is 14.6 Å². The summed E-state index contributed by atoms with van der Waals surface area (Å²) < 4.78 is 32.0. The lowest BCUT2D eigenvalue weighted by Crippen LogP contribution is -2.29. The van der Waals surface area contributed by atoms with E-state index in [2.05, 4.69) is 15.0 Å². The van der Waals surface area contributed by atoms with Crippen molar-refractivity contribution in [2.24, 2.45) is 0 Å². The van der Waals surface area contributed by atoms with Crippen LogP contribution in [-0.4, -0.2) is 24.8 Å². The van der Waals surface area contributed by atoms with Crippen LogP contribution in [0.4, 0.5) is 11.4 Å². The summed E-state index contributed by atoms with van der Waals surface area (Å²) in [4.78, 5) is 6.51. The Morgan fingerprint density at radius 2 is 1.77 bits per heavy atom. The summed E-state index contributed by atoms with van der Waals surface area (Å²) in [6.07, 6.45) is 2.86. The lowest BCUT2D eigenvalue weighted by Gasteiger charge is -2.26. The fourth-order valence-electron chi connectivity index (χ4n) is 4.11. The Balaban J connectivity index is 1.54. The molecule has 7 nitrogen and oxygen atoms in total. The molecule has 1 fully saturated rings. The van der Waals surface area contributed by atoms with Gasteiger partial charge in [0.2, 0.25) is 10.0 Å². The predicted octanol–water partition coefficient (Wildman–Crippen LogP) is 5.54. The van der Waals surface area contributed by atoms with Crippen LogP contribution < -0.4 is 14.9 Å². The molecule has 0 spiro atoms. The van der Waals surface area contributed by atoms with Crippen LogP contribution >= 0.6 is 23.8 Å². The van der Waals surface area contributed by atoms with E-state index >= 15 is 0 Å². The molecule has 0 saturated carbocycles. The van der Waals surface area contributed by atoms with E-state index in [1.807, 2.05) is 71.6 Å². The Morgan fingerprint density at radius 3 is 2.43 bits per heavy atom. The normalized spacial score (nSPS) is 17.9. The van der Waals surface area contributed by atoms with Crippen molar-refractivity contribution in [3.05, 3.63) is 102 Å². The predicted molar refractivity (Wildman–Crippen MR) is 142 cm³/mol. The zero-order valence-electron chi connectivity index (χ0n) is 18.6. The molecular weight excluding hydrogens is 504 g/mol. The van der Waals surface area contributed by atoms with Gasteiger partial charge in [-0.2, -0.15) is 0 Å². The minimum absolute atomic E-state index is 0.262. The molecule has 1 aliphatic heterocycles. The van der Waals surface area contributed by atoms with E-state index in [0.717, 1.165) is 23.2 Å². The molecule has 5 rings (SSSR count). The molecule has 0 bridgehead atoms. The van der Waals surface area contributed by atoms with Crippen molar-refractivity contribution >= 4 is 50.3 Å². The molecule has 35 heavy (non-hydrogen) atoms. The molecule has 2 aromatic heterocycles. The number of hydrogen-bond acceptors (Lipinski definition) is 5. The molecule has 0 amide bonds. The second kappa shape index (κ2) is 9.33. The highest BCUT2D eigenvalue weighted by Crippen LogP contribution is 2.43. The van der Waals surface area contributed by atoms with Crippen LogP contribution in [0.25, 0.3) is 11.3 Å². The average molecular weight is 525 g/mol. The van der Waals surface area contributed by atoms with E-state index in [4.69, 9.17) is 28.2 Å². The Morgan fingerprint density at radius 1 is 1.03 bits per heavy atom. The van der Waals surface area contributed by atoms with E-state index in [9.17, 15) is 8.42 Å². The standard InChI is InChI=1S/C25H21ClN4O3S2/c1-35(31,32)29-18-9-11-19(12-10-18)30-24(23(28-25(30)34)20-4-2-3-15-27-20)22-14-13-21(33-22)16-5-7-17(26)8-6-16/h2-15,23-24,29H,1H3,(H,28,34)/t23-,24+/m1/s1. The first kappa shape index (κ1) is 23.3. The molecule has 0 aliphatic carbocycles. The van der Waals surface area contributed by atoms with Crippen LogP contribution in [0.15, 0.2) is 89.5 Å². The number of hydrogen-bond donors (Lipinski definition) is 2. The number of thiocarbonyl (C=S) groups is 1. The van der Waals surface area contributed by atoms with Crippen LogP contribution in [0.5, 0.6) is 0 Å². The number of benzene rings is 2. The highest BCUT2D eigenvalue weighted by Gasteiger charge is 2.42. The molecule has 0 unspecified atom stereocenters. The van der Waals surface area contributed by atoms with Gasteiger partial charge in [-0.15, -0.1) is 0 Å². The Labute approximate surface area is 213 Å². The maximum atomic E-state index is 11.6. The fraction of sp³-hybridized carbons (Fsp3) is 0.120. The first-order valence-corrected chi connectivity index (χ1v) is 13.4. The number of pyridine rings is 1. The summed E-state index contributed by atoms with van der Waals surface area (Å²) in [6, 6.07) is 23.5. The maximum Gasteiger partial charge on any atom is 0.229 e. The molecule has 1 saturated heterocycles. The SMILES string of the molecule is CS(=O)(=O)Nc1ccc(N2C(=S)N[C@H](c3ccccn3)[C@@H]2c2ccc(-c3ccc(Cl)cc3)o2)cc1. The second-order valence-electron chi connectivity index (χ2n) is 8.13. The summed E-state index contributed by atoms with van der Waals surface area (Å²) in [6.45, 7) is 0. The van der Waals surface area contributed by atoms with E-state index in [-0.39, 0.29) is 12.1 Å². The summed E-state index contributed by atoms with van der Waals surface area (Å²) in [5.41, 5.74) is 2.98. The van der Waals surface area contributed by atoms with Gasteiger partial charge in [0.25, 0.3) is 0 Å². The number of nitrogens with zero attached hydrogens (tertiary/aromatic N) is 2. The number of furan rings is 1. The van der Waals surface area contributed by atoms with Gasteiger partial charge >= 0.3 is 0 Å². The highest BCUT2D eigenvalue weighted by molar-refractivity contribution is 7.92. The maximum absolute atomic E-state index is 11.6. The highest BCUT2D eigenvalue weighted by atomic mass is 35.5. The van der Waals surface area contributed by atoms with Gasteiger partial charge in [-0.25, -0.2) is 8.42 Å². The molecule has 3 heterocycles. The van der Waals surface area contributed by atoms with Crippen LogP contribution in [0.1, 0.15) is 23.5 Å². The van der Waals surface area contributed by atoms with Crippen molar-refractivity contribution in [3.63, 3.8) is 0 Å². The molecule has 0 radical (unpaired) electrons. The van der Waals surface area contributed by atoms with Crippen molar-refractivity contribution in [2.75, 3.05) is 15.9 Å². The topological polar surface area (TPSA) is 87.5 Å². The van der Waals surface area contributed by atoms with Crippen LogP contribution in [0, 0.1) is 0 Å². The van der Waals surface area contributed by atoms with Crippen molar-refractivity contribution < 1.29 is 12.8 Å². The molecular formula is C25H21ClN4O3S2. The third-order valence-corrected chi connectivity index (χ3v) is 6.77. The summed E-state index contributed by atoms with van der Waals surface area (Å²) in [5, 5.41) is 4.55. The smallest absolute Gasteiger partial charge is 0.229 e. The summed E-state index contributed by atoms with van der Waals surface area (Å²) >= 11 is 11.8. The zero-order chi connectivity index (χ0) is 24.6. The molecule has 4 aromatic rings. The summed E-state index contributed by atoms with van der Waals surface area (Å²) in [5.74, 6) is 1.41. The van der Waals surface area contributed by atoms with E-state index in [1.54, 1.807) is 18.3 Å². The van der Waals surface area contributed by atoms with Gasteiger partial charge in [0, 0.05) is 28.2 Å². The van der Waals surface area contributed by atoms with E-state index in [0.29, 0.717) is 27.3 Å². The van der Waals surface area contributed by atoms with Gasteiger partial charge in [0.15, 0.2) is 5.11 Å². The Kier molecular flexibility index (Phi) is 6.22. The number of aromatic nitrogens is 1. The third-order valence-electron chi connectivity index (χ3n) is 5.59. The molecule has 1 aliphatic rings. The first-order chi connectivity index (χ1) is 16.8. The third kappa shape index (κ3) is 5.02. The van der Waals surface area contributed by atoms with E-state index < -0.39 is 10.0 Å². The van der Waals surface area contributed by atoms with Gasteiger partial charge in [-0.3, -0.25) is 9.71 Å². The van der Waals surface area contributed by atoms with Gasteiger partial charge in [0.1, 0.15) is 17.6 Å². The molecule has 10 heteroatoms. The summed E-state index contributed by atoms with van der Waals surface area (Å²) in [7, 11) is -3.38. The van der Waals surface area contributed by atoms with Crippen LogP contribution in [0.3, 0.4) is 0 Å². The fourth-order valence-corrected chi connectivity index (χ4v) is 5.14. The lowest BCUT2D eigenvalue weighted by atomic mass is 10.0. The van der Waals surface area contributed by atoms with Crippen molar-refractivity contribution in [1.82, 2.24) is 10.3 Å². The first-order valence-electron chi connectivity index (χ1n) is 10.7. The molecule has 2 N–H and O–H groups in total. The van der Waals surface area contributed by atoms with Crippen molar-refractivity contribution in [3.8, 4) is 11.3 Å². The number of anilines is 2.